The molecule has 0 radical (unpaired) electrons. The van der Waals surface area contributed by atoms with Crippen molar-refractivity contribution in [3.8, 4) is 6.01 Å². The number of ether oxygens (including phenoxy) is 2. The molecule has 0 bridgehead atoms. The van der Waals surface area contributed by atoms with E-state index in [0.717, 1.165) is 25.3 Å². The highest BCUT2D eigenvalue weighted by atomic mass is 32.1. The van der Waals surface area contributed by atoms with Crippen LogP contribution in [0.25, 0.3) is 0 Å². The Labute approximate surface area is 150 Å². The lowest BCUT2D eigenvalue weighted by Crippen LogP contribution is -2.31. The average Bonchev–Trinajstić information content (AvgIpc) is 3.32. The van der Waals surface area contributed by atoms with E-state index >= 15 is 0 Å². The van der Waals surface area contributed by atoms with Crippen molar-refractivity contribution < 1.29 is 14.3 Å². The van der Waals surface area contributed by atoms with E-state index in [1.165, 1.54) is 11.3 Å². The molecule has 2 aromatic heterocycles. The van der Waals surface area contributed by atoms with Gasteiger partial charge in [0.2, 0.25) is 0 Å². The average molecular weight is 360 g/mol. The van der Waals surface area contributed by atoms with E-state index in [9.17, 15) is 4.79 Å². The summed E-state index contributed by atoms with van der Waals surface area (Å²) in [7, 11) is 0. The number of hydrogen-bond donors (Lipinski definition) is 0. The summed E-state index contributed by atoms with van der Waals surface area (Å²) in [5.74, 6) is 0.759. The maximum absolute atomic E-state index is 12.5. The zero-order valence-corrected chi connectivity index (χ0v) is 14.8. The predicted octanol–water partition coefficient (Wildman–Crippen LogP) is 1.80. The van der Waals surface area contributed by atoms with Crippen LogP contribution in [0.15, 0.2) is 23.2 Å². The van der Waals surface area contributed by atoms with Gasteiger partial charge in [0.15, 0.2) is 0 Å². The molecule has 0 N–H and O–H groups in total. The van der Waals surface area contributed by atoms with Crippen LogP contribution in [0.5, 0.6) is 6.01 Å². The minimum absolute atomic E-state index is 0.00223. The van der Waals surface area contributed by atoms with E-state index in [4.69, 9.17) is 9.47 Å². The fourth-order valence-corrected chi connectivity index (χ4v) is 4.07. The predicted molar refractivity (Wildman–Crippen MR) is 91.6 cm³/mol. The molecule has 25 heavy (non-hydrogen) atoms. The molecule has 2 aliphatic rings. The first kappa shape index (κ1) is 16.4. The number of likely N-dealkylation sites (tertiary alicyclic amines) is 1. The molecule has 0 aromatic carbocycles. The highest BCUT2D eigenvalue weighted by Gasteiger charge is 2.45. The Morgan fingerprint density at radius 1 is 1.44 bits per heavy atom. The molecule has 0 spiro atoms. The minimum atomic E-state index is 0.00223. The summed E-state index contributed by atoms with van der Waals surface area (Å²) in [4.78, 5) is 26.8. The van der Waals surface area contributed by atoms with Crippen LogP contribution in [0.2, 0.25) is 0 Å². The van der Waals surface area contributed by atoms with Gasteiger partial charge in [-0.1, -0.05) is 0 Å². The normalized spacial score (nSPS) is 25.2. The van der Waals surface area contributed by atoms with Crippen molar-refractivity contribution in [2.45, 2.75) is 19.4 Å². The third-order valence-corrected chi connectivity index (χ3v) is 5.46. The van der Waals surface area contributed by atoms with Gasteiger partial charge in [-0.15, -0.1) is 11.3 Å². The smallest absolute Gasteiger partial charge is 0.316 e. The number of aromatic nitrogens is 3. The number of nitrogens with zero attached hydrogens (tertiary/aromatic N) is 4. The first-order valence-corrected chi connectivity index (χ1v) is 9.36. The van der Waals surface area contributed by atoms with E-state index in [0.29, 0.717) is 36.7 Å². The summed E-state index contributed by atoms with van der Waals surface area (Å²) < 4.78 is 11.6. The second kappa shape index (κ2) is 7.05. The molecule has 7 nitrogen and oxygen atoms in total. The lowest BCUT2D eigenvalue weighted by Gasteiger charge is -2.19. The molecule has 4 rings (SSSR count). The minimum Gasteiger partial charge on any atom is -0.463 e. The molecule has 2 aliphatic heterocycles. The summed E-state index contributed by atoms with van der Waals surface area (Å²) in [6, 6.07) is 2.26. The Morgan fingerprint density at radius 2 is 2.36 bits per heavy atom. The number of thiazole rings is 1. The highest BCUT2D eigenvalue weighted by Crippen LogP contribution is 2.36. The molecule has 0 unspecified atom stereocenters. The maximum Gasteiger partial charge on any atom is 0.316 e. The van der Waals surface area contributed by atoms with Crippen molar-refractivity contribution in [1.82, 2.24) is 19.9 Å². The molecule has 0 aliphatic carbocycles. The lowest BCUT2D eigenvalue weighted by atomic mass is 9.91. The van der Waals surface area contributed by atoms with Gasteiger partial charge < -0.3 is 14.4 Å². The SMILES string of the molecule is Cc1ccnc(OCC[C@@H]2CO[C@@H]3CN(C(=O)c4cscn4)C[C@H]23)n1. The zero-order valence-electron chi connectivity index (χ0n) is 14.0. The van der Waals surface area contributed by atoms with Gasteiger partial charge in [0.05, 0.1) is 24.8 Å². The summed E-state index contributed by atoms with van der Waals surface area (Å²) >= 11 is 1.44. The van der Waals surface area contributed by atoms with E-state index < -0.39 is 0 Å². The number of carbonyl (C=O) groups excluding carboxylic acids is 1. The summed E-state index contributed by atoms with van der Waals surface area (Å²) in [6.45, 7) is 4.58. The third kappa shape index (κ3) is 3.50. The Hall–Kier alpha value is -2.06. The number of aryl methyl sites for hydroxylation is 1. The van der Waals surface area contributed by atoms with E-state index in [1.54, 1.807) is 17.1 Å². The Balaban J connectivity index is 1.30. The van der Waals surface area contributed by atoms with Crippen LogP contribution in [-0.2, 0) is 4.74 Å². The van der Waals surface area contributed by atoms with Crippen LogP contribution in [0.3, 0.4) is 0 Å². The van der Waals surface area contributed by atoms with Crippen LogP contribution < -0.4 is 4.74 Å². The van der Waals surface area contributed by atoms with Crippen LogP contribution >= 0.6 is 11.3 Å². The maximum atomic E-state index is 12.5. The van der Waals surface area contributed by atoms with E-state index in [2.05, 4.69) is 15.0 Å². The fraction of sp³-hybridized carbons (Fsp3) is 0.529. The van der Waals surface area contributed by atoms with Gasteiger partial charge in [-0.2, -0.15) is 0 Å². The second-order valence-electron chi connectivity index (χ2n) is 6.50. The molecule has 132 valence electrons. The molecule has 4 heterocycles. The summed E-state index contributed by atoms with van der Waals surface area (Å²) in [6.07, 6.45) is 2.70. The van der Waals surface area contributed by atoms with Crippen LogP contribution in [0.4, 0.5) is 0 Å². The highest BCUT2D eigenvalue weighted by molar-refractivity contribution is 7.07. The Kier molecular flexibility index (Phi) is 4.63. The van der Waals surface area contributed by atoms with Crippen molar-refractivity contribution in [3.05, 3.63) is 34.5 Å². The van der Waals surface area contributed by atoms with Gasteiger partial charge in [0.1, 0.15) is 5.69 Å². The van der Waals surface area contributed by atoms with Crippen molar-refractivity contribution in [2.24, 2.45) is 11.8 Å². The number of fused-ring (bicyclic) bond motifs is 1. The zero-order chi connectivity index (χ0) is 17.2. The number of rotatable bonds is 5. The van der Waals surface area contributed by atoms with Gasteiger partial charge in [-0.05, 0) is 25.3 Å². The third-order valence-electron chi connectivity index (χ3n) is 4.87. The van der Waals surface area contributed by atoms with Gasteiger partial charge in [-0.25, -0.2) is 15.0 Å². The molecular weight excluding hydrogens is 340 g/mol. The van der Waals surface area contributed by atoms with Crippen LogP contribution in [0, 0.1) is 18.8 Å². The Bertz CT molecular complexity index is 739. The van der Waals surface area contributed by atoms with E-state index in [1.807, 2.05) is 17.9 Å². The topological polar surface area (TPSA) is 77.4 Å². The first-order chi connectivity index (χ1) is 12.2. The van der Waals surface area contributed by atoms with Crippen LogP contribution in [0.1, 0.15) is 22.6 Å². The molecular formula is C17H20N4O3S. The molecule has 1 amide bonds. The second-order valence-corrected chi connectivity index (χ2v) is 7.22. The number of carbonyl (C=O) groups is 1. The summed E-state index contributed by atoms with van der Waals surface area (Å²) in [5.41, 5.74) is 3.11. The quantitative estimate of drug-likeness (QED) is 0.809. The first-order valence-electron chi connectivity index (χ1n) is 8.42. The molecule has 8 heteroatoms. The molecule has 3 atom stereocenters. The van der Waals surface area contributed by atoms with Gasteiger partial charge in [0.25, 0.3) is 5.91 Å². The largest absolute Gasteiger partial charge is 0.463 e. The summed E-state index contributed by atoms with van der Waals surface area (Å²) in [5, 5.41) is 1.80. The van der Waals surface area contributed by atoms with E-state index in [-0.39, 0.29) is 12.0 Å². The standard InChI is InChI=1S/C17H20N4O3S/c1-11-2-4-18-17(20-11)23-5-3-12-8-24-15-7-21(6-13(12)15)16(22)14-9-25-10-19-14/h2,4,9-10,12-13,15H,3,5-8H2,1H3/t12-,13-,15-/m1/s1. The van der Waals surface area contributed by atoms with Gasteiger partial charge >= 0.3 is 6.01 Å². The molecule has 2 fully saturated rings. The number of amides is 1. The lowest BCUT2D eigenvalue weighted by molar-refractivity contribution is 0.0667. The van der Waals surface area contributed by atoms with Crippen molar-refractivity contribution >= 4 is 17.2 Å². The van der Waals surface area contributed by atoms with Crippen molar-refractivity contribution in [1.29, 1.82) is 0 Å². The monoisotopic (exact) mass is 360 g/mol. The molecule has 2 saturated heterocycles. The van der Waals surface area contributed by atoms with Gasteiger partial charge in [0, 0.05) is 36.3 Å². The molecule has 2 aromatic rings. The van der Waals surface area contributed by atoms with Crippen molar-refractivity contribution in [2.75, 3.05) is 26.3 Å². The van der Waals surface area contributed by atoms with Crippen molar-refractivity contribution in [3.63, 3.8) is 0 Å². The van der Waals surface area contributed by atoms with Gasteiger partial charge in [-0.3, -0.25) is 4.79 Å². The fourth-order valence-electron chi connectivity index (χ4n) is 3.54. The Morgan fingerprint density at radius 3 is 3.16 bits per heavy atom. The molecule has 0 saturated carbocycles. The number of hydrogen-bond acceptors (Lipinski definition) is 7. The van der Waals surface area contributed by atoms with Crippen LogP contribution in [-0.4, -0.2) is 58.2 Å².